The van der Waals surface area contributed by atoms with Gasteiger partial charge in [0, 0.05) is 21.0 Å². The van der Waals surface area contributed by atoms with Gasteiger partial charge in [-0.2, -0.15) is 5.10 Å². The van der Waals surface area contributed by atoms with E-state index in [-0.39, 0.29) is 11.7 Å². The van der Waals surface area contributed by atoms with Crippen molar-refractivity contribution in [1.29, 1.82) is 0 Å². The zero-order chi connectivity index (χ0) is 18.5. The highest BCUT2D eigenvalue weighted by Gasteiger charge is 2.09. The molecule has 0 aliphatic heterocycles. The summed E-state index contributed by atoms with van der Waals surface area (Å²) in [5.41, 5.74) is 6.42. The van der Waals surface area contributed by atoms with Crippen molar-refractivity contribution in [2.75, 3.05) is 5.75 Å². The highest BCUT2D eigenvalue weighted by molar-refractivity contribution is 8.00. The fourth-order valence-corrected chi connectivity index (χ4v) is 3.67. The van der Waals surface area contributed by atoms with Gasteiger partial charge >= 0.3 is 0 Å². The number of nitrogens with zero attached hydrogens (tertiary/aromatic N) is 2. The van der Waals surface area contributed by atoms with Crippen LogP contribution in [0.4, 0.5) is 0 Å². The van der Waals surface area contributed by atoms with Crippen LogP contribution in [0.1, 0.15) is 16.8 Å². The molecule has 6 heteroatoms. The Balaban J connectivity index is 1.65. The van der Waals surface area contributed by atoms with E-state index in [0.29, 0.717) is 5.02 Å². The number of rotatable bonds is 5. The summed E-state index contributed by atoms with van der Waals surface area (Å²) in [6, 6.07) is 15.4. The molecule has 1 amide bonds. The van der Waals surface area contributed by atoms with Gasteiger partial charge in [0.25, 0.3) is 0 Å². The molecule has 2 aromatic carbocycles. The van der Waals surface area contributed by atoms with Crippen LogP contribution in [0.2, 0.25) is 5.02 Å². The molecule has 0 saturated carbocycles. The number of benzene rings is 2. The number of para-hydroxylation sites is 1. The van der Waals surface area contributed by atoms with Crippen LogP contribution in [0, 0.1) is 13.8 Å². The molecule has 1 aromatic heterocycles. The summed E-state index contributed by atoms with van der Waals surface area (Å²) < 4.78 is 0. The van der Waals surface area contributed by atoms with Gasteiger partial charge in [-0.1, -0.05) is 41.9 Å². The Labute approximate surface area is 161 Å². The van der Waals surface area contributed by atoms with E-state index in [0.717, 1.165) is 32.6 Å². The lowest BCUT2D eigenvalue weighted by molar-refractivity contribution is -0.118. The second-order valence-electron chi connectivity index (χ2n) is 5.87. The number of aromatic nitrogens is 1. The number of hydrogen-bond acceptors (Lipinski definition) is 4. The van der Waals surface area contributed by atoms with Crippen LogP contribution in [0.3, 0.4) is 0 Å². The fourth-order valence-electron chi connectivity index (χ4n) is 2.54. The maximum Gasteiger partial charge on any atom is 0.250 e. The first-order valence-electron chi connectivity index (χ1n) is 8.10. The van der Waals surface area contributed by atoms with Crippen LogP contribution in [-0.4, -0.2) is 22.9 Å². The summed E-state index contributed by atoms with van der Waals surface area (Å²) in [4.78, 5) is 17.7. The zero-order valence-corrected chi connectivity index (χ0v) is 16.1. The summed E-state index contributed by atoms with van der Waals surface area (Å²) in [7, 11) is 0. The molecule has 0 unspecified atom stereocenters. The molecule has 0 fully saturated rings. The molecular weight excluding hydrogens is 366 g/mol. The van der Waals surface area contributed by atoms with Crippen molar-refractivity contribution in [1.82, 2.24) is 10.4 Å². The number of hydrogen-bond donors (Lipinski definition) is 1. The maximum absolute atomic E-state index is 12.1. The van der Waals surface area contributed by atoms with E-state index in [4.69, 9.17) is 11.6 Å². The standard InChI is InChI=1S/C20H18ClN3OS/c1-13-5-3-8-17-18(9-14(2)23-20(13)17)26-12-19(25)24-22-11-15-6-4-7-16(21)10-15/h3-11H,12H2,1-2H3,(H,24,25)/b22-11-. The lowest BCUT2D eigenvalue weighted by atomic mass is 10.1. The molecule has 132 valence electrons. The molecule has 3 aromatic rings. The number of carbonyl (C=O) groups excluding carboxylic acids is 1. The lowest BCUT2D eigenvalue weighted by Crippen LogP contribution is -2.19. The molecule has 1 N–H and O–H groups in total. The normalized spacial score (nSPS) is 11.2. The molecule has 0 radical (unpaired) electrons. The van der Waals surface area contributed by atoms with Crippen molar-refractivity contribution in [2.24, 2.45) is 5.10 Å². The van der Waals surface area contributed by atoms with E-state index in [1.807, 2.05) is 50.2 Å². The first-order valence-corrected chi connectivity index (χ1v) is 9.46. The zero-order valence-electron chi connectivity index (χ0n) is 14.5. The first kappa shape index (κ1) is 18.4. The summed E-state index contributed by atoms with van der Waals surface area (Å²) in [6.07, 6.45) is 1.57. The topological polar surface area (TPSA) is 54.4 Å². The van der Waals surface area contributed by atoms with Crippen LogP contribution in [0.25, 0.3) is 10.9 Å². The second kappa shape index (κ2) is 8.34. The predicted molar refractivity (Wildman–Crippen MR) is 109 cm³/mol. The van der Waals surface area contributed by atoms with E-state index < -0.39 is 0 Å². The molecule has 0 spiro atoms. The minimum Gasteiger partial charge on any atom is -0.272 e. The first-order chi connectivity index (χ1) is 12.5. The summed E-state index contributed by atoms with van der Waals surface area (Å²) in [5, 5.41) is 5.68. The Morgan fingerprint density at radius 1 is 1.23 bits per heavy atom. The summed E-state index contributed by atoms with van der Waals surface area (Å²) in [5.74, 6) is 0.114. The molecule has 0 aliphatic carbocycles. The largest absolute Gasteiger partial charge is 0.272 e. The molecule has 26 heavy (non-hydrogen) atoms. The molecule has 4 nitrogen and oxygen atoms in total. The highest BCUT2D eigenvalue weighted by atomic mass is 35.5. The SMILES string of the molecule is Cc1cc(SCC(=O)N/N=C\c2cccc(Cl)c2)c2cccc(C)c2n1. The van der Waals surface area contributed by atoms with E-state index in [2.05, 4.69) is 15.5 Å². The van der Waals surface area contributed by atoms with Gasteiger partial charge in [0.1, 0.15) is 0 Å². The molecule has 0 aliphatic rings. The van der Waals surface area contributed by atoms with Gasteiger partial charge in [-0.15, -0.1) is 11.8 Å². The maximum atomic E-state index is 12.1. The van der Waals surface area contributed by atoms with Gasteiger partial charge in [-0.05, 0) is 43.2 Å². The molecule has 1 heterocycles. The second-order valence-corrected chi connectivity index (χ2v) is 7.32. The average Bonchev–Trinajstić information content (AvgIpc) is 2.60. The van der Waals surface area contributed by atoms with E-state index in [1.165, 1.54) is 11.8 Å². The third-order valence-corrected chi connectivity index (χ3v) is 5.03. The Morgan fingerprint density at radius 2 is 2.04 bits per heavy atom. The molecule has 0 atom stereocenters. The number of hydrazone groups is 1. The van der Waals surface area contributed by atoms with Crippen molar-refractivity contribution in [3.63, 3.8) is 0 Å². The van der Waals surface area contributed by atoms with Gasteiger partial charge in [0.05, 0.1) is 17.5 Å². The van der Waals surface area contributed by atoms with Crippen molar-refractivity contribution < 1.29 is 4.79 Å². The van der Waals surface area contributed by atoms with Crippen LogP contribution in [0.5, 0.6) is 0 Å². The smallest absolute Gasteiger partial charge is 0.250 e. The number of fused-ring (bicyclic) bond motifs is 1. The Bertz CT molecular complexity index is 988. The average molecular weight is 384 g/mol. The van der Waals surface area contributed by atoms with Gasteiger partial charge in [-0.3, -0.25) is 9.78 Å². The fraction of sp³-hybridized carbons (Fsp3) is 0.150. The van der Waals surface area contributed by atoms with Crippen LogP contribution in [0.15, 0.2) is 58.5 Å². The number of nitrogens with one attached hydrogen (secondary N) is 1. The monoisotopic (exact) mass is 383 g/mol. The van der Waals surface area contributed by atoms with Crippen molar-refractivity contribution in [3.05, 3.63) is 70.4 Å². The van der Waals surface area contributed by atoms with Gasteiger partial charge < -0.3 is 0 Å². The lowest BCUT2D eigenvalue weighted by Gasteiger charge is -2.09. The Kier molecular flexibility index (Phi) is 5.91. The molecule has 0 saturated heterocycles. The van der Waals surface area contributed by atoms with Gasteiger partial charge in [0.15, 0.2) is 0 Å². The Morgan fingerprint density at radius 3 is 2.85 bits per heavy atom. The van der Waals surface area contributed by atoms with Gasteiger partial charge in [0.2, 0.25) is 5.91 Å². The van der Waals surface area contributed by atoms with Crippen LogP contribution >= 0.6 is 23.4 Å². The Hall–Kier alpha value is -2.37. The predicted octanol–water partition coefficient (Wildman–Crippen LogP) is 4.75. The van der Waals surface area contributed by atoms with Crippen molar-refractivity contribution >= 4 is 46.4 Å². The van der Waals surface area contributed by atoms with Gasteiger partial charge in [-0.25, -0.2) is 5.43 Å². The van der Waals surface area contributed by atoms with E-state index >= 15 is 0 Å². The number of halogens is 1. The van der Waals surface area contributed by atoms with Crippen LogP contribution in [-0.2, 0) is 4.79 Å². The molecule has 0 bridgehead atoms. The van der Waals surface area contributed by atoms with E-state index in [9.17, 15) is 4.79 Å². The number of aryl methyl sites for hydroxylation is 2. The number of pyridine rings is 1. The van der Waals surface area contributed by atoms with E-state index in [1.54, 1.807) is 18.3 Å². The molecular formula is C20H18ClN3OS. The van der Waals surface area contributed by atoms with Crippen molar-refractivity contribution in [2.45, 2.75) is 18.7 Å². The number of carbonyl (C=O) groups is 1. The quantitative estimate of drug-likeness (QED) is 0.393. The highest BCUT2D eigenvalue weighted by Crippen LogP contribution is 2.29. The third kappa shape index (κ3) is 4.62. The third-order valence-electron chi connectivity index (χ3n) is 3.74. The minimum atomic E-state index is -0.163. The van der Waals surface area contributed by atoms with Crippen LogP contribution < -0.4 is 5.43 Å². The van der Waals surface area contributed by atoms with Crippen molar-refractivity contribution in [3.8, 4) is 0 Å². The minimum absolute atomic E-state index is 0.163. The molecule has 3 rings (SSSR count). The number of amides is 1. The summed E-state index contributed by atoms with van der Waals surface area (Å²) >= 11 is 7.40. The number of thioether (sulfide) groups is 1. The summed E-state index contributed by atoms with van der Waals surface area (Å²) in [6.45, 7) is 4.01.